The lowest BCUT2D eigenvalue weighted by Crippen LogP contribution is -2.30. The first-order valence-electron chi connectivity index (χ1n) is 7.56. The number of hydrogen-bond donors (Lipinski definition) is 0. The highest BCUT2D eigenvalue weighted by atomic mass is 32.2. The monoisotopic (exact) mass is 318 g/mol. The SMILES string of the molecule is CCCc1ccc(S(=O)(=O)N(CC)Cc2ccncc2)cc1. The fourth-order valence-corrected chi connectivity index (χ4v) is 3.76. The molecular weight excluding hydrogens is 296 g/mol. The van der Waals surface area contributed by atoms with E-state index in [-0.39, 0.29) is 0 Å². The van der Waals surface area contributed by atoms with E-state index in [1.54, 1.807) is 24.5 Å². The molecule has 0 atom stereocenters. The molecule has 1 aromatic carbocycles. The van der Waals surface area contributed by atoms with Gasteiger partial charge in [-0.1, -0.05) is 32.4 Å². The molecule has 0 aliphatic carbocycles. The standard InChI is InChI=1S/C17H22N2O2S/c1-3-5-15-6-8-17(9-7-15)22(20,21)19(4-2)14-16-10-12-18-13-11-16/h6-13H,3-5,14H2,1-2H3. The van der Waals surface area contributed by atoms with Crippen molar-refractivity contribution in [2.75, 3.05) is 6.54 Å². The average Bonchev–Trinajstić information content (AvgIpc) is 2.54. The maximum Gasteiger partial charge on any atom is 0.243 e. The highest BCUT2D eigenvalue weighted by Crippen LogP contribution is 2.19. The maximum atomic E-state index is 12.7. The summed E-state index contributed by atoms with van der Waals surface area (Å²) in [5.41, 5.74) is 2.10. The van der Waals surface area contributed by atoms with Crippen LogP contribution in [0.2, 0.25) is 0 Å². The van der Waals surface area contributed by atoms with Crippen LogP contribution < -0.4 is 0 Å². The Balaban J connectivity index is 2.22. The van der Waals surface area contributed by atoms with Gasteiger partial charge in [0.15, 0.2) is 0 Å². The zero-order valence-electron chi connectivity index (χ0n) is 13.1. The van der Waals surface area contributed by atoms with Crippen molar-refractivity contribution in [3.05, 3.63) is 59.9 Å². The van der Waals surface area contributed by atoms with Gasteiger partial charge in [0.05, 0.1) is 4.90 Å². The first-order chi connectivity index (χ1) is 10.6. The van der Waals surface area contributed by atoms with Gasteiger partial charge < -0.3 is 0 Å². The molecule has 0 spiro atoms. The van der Waals surface area contributed by atoms with Crippen molar-refractivity contribution in [3.63, 3.8) is 0 Å². The van der Waals surface area contributed by atoms with Gasteiger partial charge in [-0.3, -0.25) is 4.98 Å². The molecule has 0 radical (unpaired) electrons. The molecule has 118 valence electrons. The van der Waals surface area contributed by atoms with E-state index in [0.29, 0.717) is 18.0 Å². The summed E-state index contributed by atoms with van der Waals surface area (Å²) in [5.74, 6) is 0. The Hall–Kier alpha value is -1.72. The lowest BCUT2D eigenvalue weighted by atomic mass is 10.1. The van der Waals surface area contributed by atoms with Crippen LogP contribution >= 0.6 is 0 Å². The van der Waals surface area contributed by atoms with E-state index in [4.69, 9.17) is 0 Å². The van der Waals surface area contributed by atoms with Crippen LogP contribution in [0.25, 0.3) is 0 Å². The number of hydrogen-bond acceptors (Lipinski definition) is 3. The molecule has 0 unspecified atom stereocenters. The molecule has 2 aromatic rings. The van der Waals surface area contributed by atoms with Gasteiger partial charge in [0.25, 0.3) is 0 Å². The van der Waals surface area contributed by atoms with E-state index in [0.717, 1.165) is 18.4 Å². The van der Waals surface area contributed by atoms with Gasteiger partial charge in [-0.15, -0.1) is 0 Å². The first-order valence-corrected chi connectivity index (χ1v) is 9.00. The summed E-state index contributed by atoms with van der Waals surface area (Å²) in [4.78, 5) is 4.31. The average molecular weight is 318 g/mol. The quantitative estimate of drug-likeness (QED) is 0.787. The Kier molecular flexibility index (Phi) is 5.69. The van der Waals surface area contributed by atoms with Gasteiger partial charge in [0.2, 0.25) is 10.0 Å². The number of sulfonamides is 1. The normalized spacial score (nSPS) is 11.8. The molecular formula is C17H22N2O2S. The Morgan fingerprint density at radius 2 is 1.59 bits per heavy atom. The van der Waals surface area contributed by atoms with Crippen molar-refractivity contribution in [3.8, 4) is 0 Å². The maximum absolute atomic E-state index is 12.7. The molecule has 22 heavy (non-hydrogen) atoms. The number of nitrogens with zero attached hydrogens (tertiary/aromatic N) is 2. The van der Waals surface area contributed by atoms with Crippen molar-refractivity contribution in [1.29, 1.82) is 0 Å². The summed E-state index contributed by atoms with van der Waals surface area (Å²) >= 11 is 0. The summed E-state index contributed by atoms with van der Waals surface area (Å²) < 4.78 is 27.0. The van der Waals surface area contributed by atoms with Gasteiger partial charge in [0.1, 0.15) is 0 Å². The fourth-order valence-electron chi connectivity index (χ4n) is 2.32. The Morgan fingerprint density at radius 3 is 2.14 bits per heavy atom. The van der Waals surface area contributed by atoms with Crippen LogP contribution in [0.1, 0.15) is 31.4 Å². The van der Waals surface area contributed by atoms with Crippen LogP contribution in [0.15, 0.2) is 53.7 Å². The summed E-state index contributed by atoms with van der Waals surface area (Å²) in [7, 11) is -3.47. The van der Waals surface area contributed by atoms with Crippen LogP contribution in [0, 0.1) is 0 Å². The fraction of sp³-hybridized carbons (Fsp3) is 0.353. The van der Waals surface area contributed by atoms with E-state index in [2.05, 4.69) is 11.9 Å². The van der Waals surface area contributed by atoms with Gasteiger partial charge in [-0.05, 0) is 41.8 Å². The second kappa shape index (κ2) is 7.51. The lowest BCUT2D eigenvalue weighted by molar-refractivity contribution is 0.423. The zero-order valence-corrected chi connectivity index (χ0v) is 13.9. The molecule has 0 bridgehead atoms. The highest BCUT2D eigenvalue weighted by Gasteiger charge is 2.23. The topological polar surface area (TPSA) is 50.3 Å². The number of aromatic nitrogens is 1. The number of benzene rings is 1. The molecule has 2 rings (SSSR count). The molecule has 0 N–H and O–H groups in total. The molecule has 0 saturated carbocycles. The van der Waals surface area contributed by atoms with Crippen LogP contribution in [-0.4, -0.2) is 24.3 Å². The van der Waals surface area contributed by atoms with Gasteiger partial charge >= 0.3 is 0 Å². The largest absolute Gasteiger partial charge is 0.265 e. The van der Waals surface area contributed by atoms with Gasteiger partial charge in [-0.2, -0.15) is 4.31 Å². The predicted octanol–water partition coefficient (Wildman–Crippen LogP) is 3.24. The van der Waals surface area contributed by atoms with Gasteiger partial charge in [0, 0.05) is 25.5 Å². The third kappa shape index (κ3) is 3.93. The molecule has 4 nitrogen and oxygen atoms in total. The minimum atomic E-state index is -3.47. The smallest absolute Gasteiger partial charge is 0.243 e. The van der Waals surface area contributed by atoms with Crippen LogP contribution in [0.3, 0.4) is 0 Å². The molecule has 0 aliphatic rings. The Morgan fingerprint density at radius 1 is 0.955 bits per heavy atom. The summed E-state index contributed by atoms with van der Waals surface area (Å²) in [6.45, 7) is 4.75. The first kappa shape index (κ1) is 16.6. The number of aryl methyl sites for hydroxylation is 1. The van der Waals surface area contributed by atoms with Crippen molar-refractivity contribution < 1.29 is 8.42 Å². The molecule has 1 heterocycles. The Labute approximate surface area is 132 Å². The van der Waals surface area contributed by atoms with Crippen molar-refractivity contribution in [2.24, 2.45) is 0 Å². The van der Waals surface area contributed by atoms with E-state index in [9.17, 15) is 8.42 Å². The van der Waals surface area contributed by atoms with Gasteiger partial charge in [-0.25, -0.2) is 8.42 Å². The molecule has 5 heteroatoms. The van der Waals surface area contributed by atoms with Crippen molar-refractivity contribution in [2.45, 2.75) is 38.1 Å². The summed E-state index contributed by atoms with van der Waals surface area (Å²) in [6.07, 6.45) is 5.37. The predicted molar refractivity (Wildman–Crippen MR) is 87.9 cm³/mol. The van der Waals surface area contributed by atoms with Crippen molar-refractivity contribution >= 4 is 10.0 Å². The summed E-state index contributed by atoms with van der Waals surface area (Å²) in [6, 6.07) is 10.9. The second-order valence-corrected chi connectivity index (χ2v) is 7.12. The molecule has 0 saturated heterocycles. The van der Waals surface area contributed by atoms with E-state index in [1.807, 2.05) is 31.2 Å². The van der Waals surface area contributed by atoms with E-state index in [1.165, 1.54) is 9.87 Å². The molecule has 0 aliphatic heterocycles. The molecule has 1 aromatic heterocycles. The molecule has 0 fully saturated rings. The zero-order chi connectivity index (χ0) is 16.0. The van der Waals surface area contributed by atoms with E-state index < -0.39 is 10.0 Å². The highest BCUT2D eigenvalue weighted by molar-refractivity contribution is 7.89. The summed E-state index contributed by atoms with van der Waals surface area (Å²) in [5, 5.41) is 0. The number of rotatable bonds is 7. The third-order valence-corrected chi connectivity index (χ3v) is 5.50. The minimum absolute atomic E-state index is 0.350. The second-order valence-electron chi connectivity index (χ2n) is 5.18. The van der Waals surface area contributed by atoms with E-state index >= 15 is 0 Å². The van der Waals surface area contributed by atoms with Crippen LogP contribution in [-0.2, 0) is 23.0 Å². The van der Waals surface area contributed by atoms with Crippen LogP contribution in [0.4, 0.5) is 0 Å². The number of pyridine rings is 1. The lowest BCUT2D eigenvalue weighted by Gasteiger charge is -2.20. The van der Waals surface area contributed by atoms with Crippen LogP contribution in [0.5, 0.6) is 0 Å². The van der Waals surface area contributed by atoms with Crippen molar-refractivity contribution in [1.82, 2.24) is 9.29 Å². The molecule has 0 amide bonds. The Bertz CT molecular complexity index is 682. The minimum Gasteiger partial charge on any atom is -0.265 e. The third-order valence-electron chi connectivity index (χ3n) is 3.56.